The molecule has 1 heterocycles. The molecule has 1 aromatic carbocycles. The summed E-state index contributed by atoms with van der Waals surface area (Å²) in [6.45, 7) is 3.07. The standard InChI is InChI=1S/C18H27N3O3/c1-13(17(22)20(2)3)19-18(23)21-11-9-14(10-12-21)15-7-5-6-8-16(15)24-4/h5-8,13-14H,9-12H2,1-4H3,(H,19,23)/t13-/m1/s1. The van der Waals surface area contributed by atoms with Gasteiger partial charge >= 0.3 is 6.03 Å². The van der Waals surface area contributed by atoms with E-state index in [0.29, 0.717) is 19.0 Å². The minimum absolute atomic E-state index is 0.104. The van der Waals surface area contributed by atoms with Gasteiger partial charge in [-0.3, -0.25) is 4.79 Å². The van der Waals surface area contributed by atoms with E-state index in [1.165, 1.54) is 10.5 Å². The molecule has 1 atom stereocenters. The Hall–Kier alpha value is -2.24. The first-order valence-electron chi connectivity index (χ1n) is 8.33. The number of likely N-dealkylation sites (tertiary alicyclic amines) is 1. The number of amides is 3. The Morgan fingerprint density at radius 3 is 2.46 bits per heavy atom. The van der Waals surface area contributed by atoms with E-state index in [9.17, 15) is 9.59 Å². The average Bonchev–Trinajstić information content (AvgIpc) is 2.60. The first-order chi connectivity index (χ1) is 11.4. The van der Waals surface area contributed by atoms with E-state index in [-0.39, 0.29) is 11.9 Å². The summed E-state index contributed by atoms with van der Waals surface area (Å²) in [5.41, 5.74) is 1.20. The molecule has 1 fully saturated rings. The zero-order chi connectivity index (χ0) is 17.7. The van der Waals surface area contributed by atoms with Gasteiger partial charge in [0.25, 0.3) is 0 Å². The number of piperidine rings is 1. The third-order valence-electron chi connectivity index (χ3n) is 4.51. The summed E-state index contributed by atoms with van der Waals surface area (Å²) < 4.78 is 5.44. The molecule has 24 heavy (non-hydrogen) atoms. The van der Waals surface area contributed by atoms with Gasteiger partial charge in [-0.05, 0) is 37.3 Å². The quantitative estimate of drug-likeness (QED) is 0.917. The number of nitrogens with zero attached hydrogens (tertiary/aromatic N) is 2. The predicted octanol–water partition coefficient (Wildman–Crippen LogP) is 2.06. The summed E-state index contributed by atoms with van der Waals surface area (Å²) in [6, 6.07) is 7.37. The van der Waals surface area contributed by atoms with Gasteiger partial charge in [0, 0.05) is 27.2 Å². The highest BCUT2D eigenvalue weighted by molar-refractivity contribution is 5.86. The summed E-state index contributed by atoms with van der Waals surface area (Å²) in [6.07, 6.45) is 1.79. The molecule has 0 aromatic heterocycles. The fourth-order valence-electron chi connectivity index (χ4n) is 3.12. The number of hydrogen-bond donors (Lipinski definition) is 1. The van der Waals surface area contributed by atoms with Crippen molar-refractivity contribution < 1.29 is 14.3 Å². The first kappa shape index (κ1) is 18.1. The highest BCUT2D eigenvalue weighted by Crippen LogP contribution is 2.33. The van der Waals surface area contributed by atoms with E-state index in [1.807, 2.05) is 18.2 Å². The van der Waals surface area contributed by atoms with Crippen molar-refractivity contribution in [2.75, 3.05) is 34.3 Å². The van der Waals surface area contributed by atoms with Gasteiger partial charge in [-0.1, -0.05) is 18.2 Å². The van der Waals surface area contributed by atoms with Crippen molar-refractivity contribution >= 4 is 11.9 Å². The topological polar surface area (TPSA) is 61.9 Å². The predicted molar refractivity (Wildman–Crippen MR) is 93.2 cm³/mol. The molecule has 1 aliphatic heterocycles. The van der Waals surface area contributed by atoms with E-state index in [4.69, 9.17) is 4.74 Å². The van der Waals surface area contributed by atoms with Crippen molar-refractivity contribution in [2.24, 2.45) is 0 Å². The lowest BCUT2D eigenvalue weighted by atomic mass is 9.89. The van der Waals surface area contributed by atoms with Crippen molar-refractivity contribution in [1.29, 1.82) is 0 Å². The van der Waals surface area contributed by atoms with Crippen molar-refractivity contribution in [2.45, 2.75) is 31.7 Å². The van der Waals surface area contributed by atoms with Crippen LogP contribution in [-0.2, 0) is 4.79 Å². The Labute approximate surface area is 143 Å². The number of benzene rings is 1. The smallest absolute Gasteiger partial charge is 0.318 e. The average molecular weight is 333 g/mol. The second-order valence-corrected chi connectivity index (χ2v) is 6.41. The number of urea groups is 1. The highest BCUT2D eigenvalue weighted by Gasteiger charge is 2.27. The van der Waals surface area contributed by atoms with E-state index in [1.54, 1.807) is 33.0 Å². The molecule has 6 nitrogen and oxygen atoms in total. The van der Waals surface area contributed by atoms with Crippen LogP contribution in [0.5, 0.6) is 5.75 Å². The van der Waals surface area contributed by atoms with Crippen molar-refractivity contribution in [3.63, 3.8) is 0 Å². The van der Waals surface area contributed by atoms with Gasteiger partial charge in [0.15, 0.2) is 0 Å². The summed E-state index contributed by atoms with van der Waals surface area (Å²) in [4.78, 5) is 27.4. The molecule has 0 spiro atoms. The molecule has 6 heteroatoms. The van der Waals surface area contributed by atoms with Crippen LogP contribution in [0, 0.1) is 0 Å². The van der Waals surface area contributed by atoms with Crippen LogP contribution in [0.25, 0.3) is 0 Å². The minimum Gasteiger partial charge on any atom is -0.496 e. The summed E-state index contributed by atoms with van der Waals surface area (Å²) in [5, 5.41) is 2.78. The number of carbonyl (C=O) groups is 2. The van der Waals surface area contributed by atoms with Gasteiger partial charge in [-0.15, -0.1) is 0 Å². The maximum absolute atomic E-state index is 12.3. The minimum atomic E-state index is -0.514. The lowest BCUT2D eigenvalue weighted by Crippen LogP contribution is -2.51. The molecule has 132 valence electrons. The number of carbonyl (C=O) groups excluding carboxylic acids is 2. The SMILES string of the molecule is COc1ccccc1C1CCN(C(=O)N[C@H](C)C(=O)N(C)C)CC1. The Balaban J connectivity index is 1.90. The molecule has 0 aliphatic carbocycles. The third kappa shape index (κ3) is 4.19. The zero-order valence-corrected chi connectivity index (χ0v) is 14.9. The fraction of sp³-hybridized carbons (Fsp3) is 0.556. The van der Waals surface area contributed by atoms with Crippen LogP contribution in [0.15, 0.2) is 24.3 Å². The zero-order valence-electron chi connectivity index (χ0n) is 14.9. The second kappa shape index (κ2) is 8.04. The Morgan fingerprint density at radius 1 is 1.25 bits per heavy atom. The molecule has 3 amide bonds. The lowest BCUT2D eigenvalue weighted by molar-refractivity contribution is -0.130. The number of rotatable bonds is 4. The van der Waals surface area contributed by atoms with E-state index < -0.39 is 6.04 Å². The van der Waals surface area contributed by atoms with Gasteiger partial charge in [0.2, 0.25) is 5.91 Å². The maximum atomic E-state index is 12.3. The molecule has 1 saturated heterocycles. The molecule has 1 aliphatic rings. The highest BCUT2D eigenvalue weighted by atomic mass is 16.5. The van der Waals surface area contributed by atoms with E-state index >= 15 is 0 Å². The summed E-state index contributed by atoms with van der Waals surface area (Å²) >= 11 is 0. The molecular weight excluding hydrogens is 306 g/mol. The van der Waals surface area contributed by atoms with Gasteiger partial charge in [-0.2, -0.15) is 0 Å². The second-order valence-electron chi connectivity index (χ2n) is 6.41. The number of methoxy groups -OCH3 is 1. The molecule has 0 radical (unpaired) electrons. The summed E-state index contributed by atoms with van der Waals surface area (Å²) in [7, 11) is 5.05. The number of hydrogen-bond acceptors (Lipinski definition) is 3. The van der Waals surface area contributed by atoms with Gasteiger partial charge < -0.3 is 19.9 Å². The van der Waals surface area contributed by atoms with Crippen molar-refractivity contribution in [1.82, 2.24) is 15.1 Å². The third-order valence-corrected chi connectivity index (χ3v) is 4.51. The largest absolute Gasteiger partial charge is 0.496 e. The molecule has 0 bridgehead atoms. The monoisotopic (exact) mass is 333 g/mol. The normalized spacial score (nSPS) is 16.4. The van der Waals surface area contributed by atoms with Crippen molar-refractivity contribution in [3.05, 3.63) is 29.8 Å². The number of likely N-dealkylation sites (N-methyl/N-ethyl adjacent to an activating group) is 1. The van der Waals surface area contributed by atoms with Gasteiger partial charge in [0.05, 0.1) is 7.11 Å². The van der Waals surface area contributed by atoms with Crippen LogP contribution in [0.3, 0.4) is 0 Å². The van der Waals surface area contributed by atoms with Gasteiger partial charge in [-0.25, -0.2) is 4.79 Å². The number of ether oxygens (including phenoxy) is 1. The van der Waals surface area contributed by atoms with E-state index in [2.05, 4.69) is 11.4 Å². The molecule has 0 saturated carbocycles. The van der Waals surface area contributed by atoms with Crippen LogP contribution in [0.2, 0.25) is 0 Å². The van der Waals surface area contributed by atoms with Crippen LogP contribution < -0.4 is 10.1 Å². The molecule has 0 unspecified atom stereocenters. The lowest BCUT2D eigenvalue weighted by Gasteiger charge is -2.33. The Bertz CT molecular complexity index is 581. The molecule has 2 rings (SSSR count). The van der Waals surface area contributed by atoms with Crippen LogP contribution in [0.4, 0.5) is 4.79 Å². The summed E-state index contributed by atoms with van der Waals surface area (Å²) in [5.74, 6) is 1.20. The Morgan fingerprint density at radius 2 is 1.88 bits per heavy atom. The Kier molecular flexibility index (Phi) is 6.06. The van der Waals surface area contributed by atoms with Crippen LogP contribution >= 0.6 is 0 Å². The van der Waals surface area contributed by atoms with Crippen molar-refractivity contribution in [3.8, 4) is 5.75 Å². The fourth-order valence-corrected chi connectivity index (χ4v) is 3.12. The number of para-hydroxylation sites is 1. The molecular formula is C18H27N3O3. The molecule has 1 N–H and O–H groups in total. The first-order valence-corrected chi connectivity index (χ1v) is 8.33. The van der Waals surface area contributed by atoms with Crippen LogP contribution in [-0.4, -0.2) is 62.1 Å². The molecule has 1 aromatic rings. The van der Waals surface area contributed by atoms with E-state index in [0.717, 1.165) is 18.6 Å². The number of nitrogens with one attached hydrogen (secondary N) is 1. The maximum Gasteiger partial charge on any atom is 0.318 e. The van der Waals surface area contributed by atoms with Gasteiger partial charge in [0.1, 0.15) is 11.8 Å². The van der Waals surface area contributed by atoms with Crippen LogP contribution in [0.1, 0.15) is 31.2 Å².